The molecular weight excluding hydrogens is 294 g/mol. The zero-order valence-electron chi connectivity index (χ0n) is 13.3. The van der Waals surface area contributed by atoms with Gasteiger partial charge in [0.2, 0.25) is 5.91 Å². The van der Waals surface area contributed by atoms with Crippen molar-refractivity contribution in [3.8, 4) is 0 Å². The predicted octanol–water partition coefficient (Wildman–Crippen LogP) is 1.69. The van der Waals surface area contributed by atoms with Crippen LogP contribution >= 0.6 is 11.8 Å². The molecule has 2 aliphatic heterocycles. The minimum atomic E-state index is -0.246. The number of fused-ring (bicyclic) bond motifs is 2. The van der Waals surface area contributed by atoms with Gasteiger partial charge in [-0.1, -0.05) is 18.2 Å². The van der Waals surface area contributed by atoms with E-state index in [0.717, 1.165) is 19.6 Å². The second-order valence-corrected chi connectivity index (χ2v) is 7.44. The summed E-state index contributed by atoms with van der Waals surface area (Å²) in [5, 5.41) is 0. The van der Waals surface area contributed by atoms with Crippen LogP contribution in [0.4, 0.5) is 5.69 Å². The molecule has 22 heavy (non-hydrogen) atoms. The Morgan fingerprint density at radius 3 is 2.73 bits per heavy atom. The van der Waals surface area contributed by atoms with E-state index in [2.05, 4.69) is 40.3 Å². The van der Waals surface area contributed by atoms with Gasteiger partial charge in [0, 0.05) is 29.9 Å². The number of rotatable bonds is 5. The highest BCUT2D eigenvalue weighted by molar-refractivity contribution is 7.98. The standard InChI is InChI=1S/C17H25N3OS/c1-22-11-10-19-8-6-17(7-9-19)13-20(12-16(18)21)15-5-3-2-4-14(15)17/h2-5H,6-13H2,1H3,(H2,18,21). The Morgan fingerprint density at radius 2 is 2.05 bits per heavy atom. The number of benzene rings is 1. The van der Waals surface area contributed by atoms with Crippen molar-refractivity contribution in [2.24, 2.45) is 5.73 Å². The number of para-hydroxylation sites is 1. The highest BCUT2D eigenvalue weighted by Crippen LogP contribution is 2.46. The molecule has 1 aromatic carbocycles. The summed E-state index contributed by atoms with van der Waals surface area (Å²) in [6.07, 6.45) is 4.52. The van der Waals surface area contributed by atoms with Crippen LogP contribution in [0.1, 0.15) is 18.4 Å². The number of primary amides is 1. The zero-order valence-corrected chi connectivity index (χ0v) is 14.1. The highest BCUT2D eigenvalue weighted by Gasteiger charge is 2.44. The summed E-state index contributed by atoms with van der Waals surface area (Å²) in [4.78, 5) is 16.1. The Hall–Kier alpha value is -1.20. The van der Waals surface area contributed by atoms with Gasteiger partial charge >= 0.3 is 0 Å². The summed E-state index contributed by atoms with van der Waals surface area (Å²) in [7, 11) is 0. The number of hydrogen-bond donors (Lipinski definition) is 1. The van der Waals surface area contributed by atoms with Gasteiger partial charge < -0.3 is 15.5 Å². The second-order valence-electron chi connectivity index (χ2n) is 6.45. The first-order valence-electron chi connectivity index (χ1n) is 7.99. The molecule has 1 spiro atoms. The van der Waals surface area contributed by atoms with Crippen molar-refractivity contribution >= 4 is 23.4 Å². The van der Waals surface area contributed by atoms with Crippen molar-refractivity contribution in [2.45, 2.75) is 18.3 Å². The van der Waals surface area contributed by atoms with E-state index in [1.165, 1.54) is 36.4 Å². The Kier molecular flexibility index (Phi) is 4.64. The van der Waals surface area contributed by atoms with Gasteiger partial charge in [0.25, 0.3) is 0 Å². The van der Waals surface area contributed by atoms with Crippen molar-refractivity contribution in [3.05, 3.63) is 29.8 Å². The van der Waals surface area contributed by atoms with Gasteiger partial charge in [-0.15, -0.1) is 0 Å². The molecule has 2 heterocycles. The Labute approximate surface area is 137 Å². The van der Waals surface area contributed by atoms with Crippen LogP contribution in [0.2, 0.25) is 0 Å². The molecule has 1 aromatic rings. The summed E-state index contributed by atoms with van der Waals surface area (Å²) >= 11 is 1.91. The van der Waals surface area contributed by atoms with Gasteiger partial charge in [-0.25, -0.2) is 0 Å². The number of likely N-dealkylation sites (tertiary alicyclic amines) is 1. The summed E-state index contributed by atoms with van der Waals surface area (Å²) in [6.45, 7) is 4.75. The van der Waals surface area contributed by atoms with Crippen LogP contribution in [-0.2, 0) is 10.2 Å². The van der Waals surface area contributed by atoms with E-state index in [1.807, 2.05) is 11.8 Å². The van der Waals surface area contributed by atoms with Crippen molar-refractivity contribution in [1.82, 2.24) is 4.90 Å². The van der Waals surface area contributed by atoms with Crippen LogP contribution in [-0.4, -0.2) is 55.5 Å². The van der Waals surface area contributed by atoms with Crippen LogP contribution in [0, 0.1) is 0 Å². The van der Waals surface area contributed by atoms with Crippen molar-refractivity contribution in [3.63, 3.8) is 0 Å². The molecule has 0 aliphatic carbocycles. The van der Waals surface area contributed by atoms with Crippen LogP contribution in [0.25, 0.3) is 0 Å². The molecule has 0 bridgehead atoms. The lowest BCUT2D eigenvalue weighted by molar-refractivity contribution is -0.116. The molecule has 2 aliphatic rings. The summed E-state index contributed by atoms with van der Waals surface area (Å²) in [5.74, 6) is 0.960. The Morgan fingerprint density at radius 1 is 1.32 bits per heavy atom. The average Bonchev–Trinajstić information content (AvgIpc) is 2.81. The molecular formula is C17H25N3OS. The molecule has 4 nitrogen and oxygen atoms in total. The lowest BCUT2D eigenvalue weighted by Gasteiger charge is -2.40. The molecule has 3 rings (SSSR count). The molecule has 5 heteroatoms. The van der Waals surface area contributed by atoms with Crippen molar-refractivity contribution in [2.75, 3.05) is 49.6 Å². The van der Waals surface area contributed by atoms with E-state index < -0.39 is 0 Å². The van der Waals surface area contributed by atoms with E-state index >= 15 is 0 Å². The normalized spacial score (nSPS) is 20.3. The third kappa shape index (κ3) is 2.97. The largest absolute Gasteiger partial charge is 0.368 e. The lowest BCUT2D eigenvalue weighted by atomic mass is 9.74. The smallest absolute Gasteiger partial charge is 0.236 e. The monoisotopic (exact) mass is 319 g/mol. The van der Waals surface area contributed by atoms with Gasteiger partial charge in [0.1, 0.15) is 0 Å². The molecule has 120 valence electrons. The number of amides is 1. The molecule has 1 saturated heterocycles. The number of thioether (sulfide) groups is 1. The fourth-order valence-electron chi connectivity index (χ4n) is 3.92. The fraction of sp³-hybridized carbons (Fsp3) is 0.588. The minimum absolute atomic E-state index is 0.210. The van der Waals surface area contributed by atoms with Gasteiger partial charge in [-0.05, 0) is 43.8 Å². The Balaban J connectivity index is 1.76. The molecule has 0 atom stereocenters. The molecule has 1 amide bonds. The van der Waals surface area contributed by atoms with Crippen molar-refractivity contribution in [1.29, 1.82) is 0 Å². The molecule has 0 saturated carbocycles. The average molecular weight is 319 g/mol. The van der Waals surface area contributed by atoms with E-state index in [1.54, 1.807) is 0 Å². The SMILES string of the molecule is CSCCN1CCC2(CC1)CN(CC(N)=O)c1ccccc12. The number of hydrogen-bond acceptors (Lipinski definition) is 4. The van der Waals surface area contributed by atoms with Crippen LogP contribution in [0.15, 0.2) is 24.3 Å². The molecule has 2 N–H and O–H groups in total. The first-order valence-corrected chi connectivity index (χ1v) is 9.38. The number of carbonyl (C=O) groups is 1. The first-order chi connectivity index (χ1) is 10.6. The number of nitrogens with two attached hydrogens (primary N) is 1. The highest BCUT2D eigenvalue weighted by atomic mass is 32.2. The van der Waals surface area contributed by atoms with Crippen molar-refractivity contribution < 1.29 is 4.79 Å². The molecule has 0 unspecified atom stereocenters. The van der Waals surface area contributed by atoms with Crippen LogP contribution in [0.5, 0.6) is 0 Å². The first kappa shape index (κ1) is 15.7. The third-order valence-corrected chi connectivity index (χ3v) is 5.67. The van der Waals surface area contributed by atoms with E-state index in [-0.39, 0.29) is 11.3 Å². The predicted molar refractivity (Wildman–Crippen MR) is 93.6 cm³/mol. The van der Waals surface area contributed by atoms with Crippen LogP contribution < -0.4 is 10.6 Å². The minimum Gasteiger partial charge on any atom is -0.368 e. The van der Waals surface area contributed by atoms with E-state index in [9.17, 15) is 4.79 Å². The number of carbonyl (C=O) groups excluding carboxylic acids is 1. The Bertz CT molecular complexity index is 540. The lowest BCUT2D eigenvalue weighted by Crippen LogP contribution is -2.46. The topological polar surface area (TPSA) is 49.6 Å². The quantitative estimate of drug-likeness (QED) is 0.897. The fourth-order valence-corrected chi connectivity index (χ4v) is 4.36. The third-order valence-electron chi connectivity index (χ3n) is 5.08. The van der Waals surface area contributed by atoms with E-state index in [4.69, 9.17) is 5.73 Å². The maximum Gasteiger partial charge on any atom is 0.236 e. The molecule has 0 aromatic heterocycles. The summed E-state index contributed by atoms with van der Waals surface area (Å²) in [5.41, 5.74) is 8.27. The van der Waals surface area contributed by atoms with Crippen LogP contribution in [0.3, 0.4) is 0 Å². The zero-order chi connectivity index (χ0) is 15.6. The van der Waals surface area contributed by atoms with E-state index in [0.29, 0.717) is 6.54 Å². The van der Waals surface area contributed by atoms with Gasteiger partial charge in [-0.3, -0.25) is 4.79 Å². The number of nitrogens with zero attached hydrogens (tertiary/aromatic N) is 2. The summed E-state index contributed by atoms with van der Waals surface area (Å²) < 4.78 is 0. The maximum absolute atomic E-state index is 11.4. The van der Waals surface area contributed by atoms with Gasteiger partial charge in [-0.2, -0.15) is 11.8 Å². The maximum atomic E-state index is 11.4. The number of anilines is 1. The number of piperidine rings is 1. The molecule has 0 radical (unpaired) electrons. The summed E-state index contributed by atoms with van der Waals surface area (Å²) in [6, 6.07) is 8.55. The second kappa shape index (κ2) is 6.50. The van der Waals surface area contributed by atoms with Gasteiger partial charge in [0.15, 0.2) is 0 Å². The van der Waals surface area contributed by atoms with Gasteiger partial charge in [0.05, 0.1) is 6.54 Å². The molecule has 1 fully saturated rings.